The van der Waals surface area contributed by atoms with Crippen molar-refractivity contribution >= 4 is 50.7 Å². The zero-order valence-corrected chi connectivity index (χ0v) is 23.6. The number of carbonyl (C=O) groups is 2. The molecule has 1 aliphatic rings. The molecule has 1 N–H and O–H groups in total. The molecule has 0 spiro atoms. The predicted molar refractivity (Wildman–Crippen MR) is 150 cm³/mol. The molecule has 39 heavy (non-hydrogen) atoms. The number of amides is 2. The Morgan fingerprint density at radius 1 is 1.00 bits per heavy atom. The Hall–Kier alpha value is -3.47. The van der Waals surface area contributed by atoms with Gasteiger partial charge in [0.25, 0.3) is 0 Å². The maximum Gasteiger partial charge on any atom is 0.244 e. The highest BCUT2D eigenvalue weighted by Gasteiger charge is 2.33. The molecule has 206 valence electrons. The number of nitrogens with zero attached hydrogens (tertiary/aromatic N) is 2. The van der Waals surface area contributed by atoms with Gasteiger partial charge in [-0.05, 0) is 35.4 Å². The molecule has 1 heterocycles. The van der Waals surface area contributed by atoms with E-state index < -0.39 is 34.4 Å². The molecule has 3 aromatic rings. The molecule has 12 heteroatoms. The lowest BCUT2D eigenvalue weighted by molar-refractivity contribution is -0.139. The van der Waals surface area contributed by atoms with E-state index >= 15 is 0 Å². The summed E-state index contributed by atoms with van der Waals surface area (Å²) in [6, 6.07) is 17.7. The van der Waals surface area contributed by atoms with Crippen molar-refractivity contribution in [1.82, 2.24) is 10.2 Å². The second-order valence-electron chi connectivity index (χ2n) is 8.88. The van der Waals surface area contributed by atoms with Crippen molar-refractivity contribution in [3.05, 3.63) is 87.9 Å². The molecule has 0 fully saturated rings. The van der Waals surface area contributed by atoms with Crippen LogP contribution in [0.3, 0.4) is 0 Å². The van der Waals surface area contributed by atoms with Crippen LogP contribution in [0.2, 0.25) is 10.0 Å². The minimum Gasteiger partial charge on any atom is -0.454 e. The highest BCUT2D eigenvalue weighted by atomic mass is 35.5. The number of fused-ring (bicyclic) bond motifs is 1. The predicted octanol–water partition coefficient (Wildman–Crippen LogP) is 3.87. The van der Waals surface area contributed by atoms with Gasteiger partial charge in [0.2, 0.25) is 28.6 Å². The Morgan fingerprint density at radius 3 is 2.38 bits per heavy atom. The third-order valence-corrected chi connectivity index (χ3v) is 7.92. The summed E-state index contributed by atoms with van der Waals surface area (Å²) >= 11 is 12.5. The van der Waals surface area contributed by atoms with E-state index in [2.05, 4.69) is 5.32 Å². The standard InChI is InChI=1S/C27H27Cl2N3O6S/c1-30-27(34)23(12-18-6-4-3-5-7-18)31(15-19-8-9-20(28)13-22(19)29)26(33)16-32(39(2,35)36)21-10-11-24-25(14-21)38-17-37-24/h3-11,13-14,23H,12,15-17H2,1-2H3,(H,30,34)/t23-/m0/s1. The van der Waals surface area contributed by atoms with Gasteiger partial charge in [-0.25, -0.2) is 8.42 Å². The normalized spacial score (nSPS) is 13.0. The first-order valence-electron chi connectivity index (χ1n) is 11.9. The van der Waals surface area contributed by atoms with Crippen LogP contribution in [0.4, 0.5) is 5.69 Å². The summed E-state index contributed by atoms with van der Waals surface area (Å²) in [5.41, 5.74) is 1.59. The lowest BCUT2D eigenvalue weighted by atomic mass is 10.0. The van der Waals surface area contributed by atoms with Gasteiger partial charge in [0.1, 0.15) is 12.6 Å². The van der Waals surface area contributed by atoms with Gasteiger partial charge in [-0.1, -0.05) is 59.6 Å². The van der Waals surface area contributed by atoms with E-state index in [1.165, 1.54) is 24.1 Å². The average Bonchev–Trinajstić information content (AvgIpc) is 3.37. The van der Waals surface area contributed by atoms with Crippen molar-refractivity contribution in [2.75, 3.05) is 30.9 Å². The minimum absolute atomic E-state index is 0.0134. The van der Waals surface area contributed by atoms with Crippen LogP contribution >= 0.6 is 23.2 Å². The number of rotatable bonds is 10. The van der Waals surface area contributed by atoms with Crippen molar-refractivity contribution in [3.8, 4) is 11.5 Å². The quantitative estimate of drug-likeness (QED) is 0.383. The maximum atomic E-state index is 14.0. The van der Waals surface area contributed by atoms with Crippen LogP contribution in [-0.2, 0) is 32.6 Å². The first-order chi connectivity index (χ1) is 18.6. The maximum absolute atomic E-state index is 14.0. The smallest absolute Gasteiger partial charge is 0.244 e. The van der Waals surface area contributed by atoms with Crippen LogP contribution in [0.5, 0.6) is 11.5 Å². The summed E-state index contributed by atoms with van der Waals surface area (Å²) < 4.78 is 37.4. The fourth-order valence-corrected chi connectivity index (χ4v) is 5.52. The number of nitrogens with one attached hydrogen (secondary N) is 1. The number of sulfonamides is 1. The van der Waals surface area contributed by atoms with Crippen LogP contribution in [0, 0.1) is 0 Å². The molecule has 0 radical (unpaired) electrons. The fourth-order valence-electron chi connectivity index (χ4n) is 4.21. The molecular weight excluding hydrogens is 565 g/mol. The molecule has 0 saturated heterocycles. The van der Waals surface area contributed by atoms with Crippen molar-refractivity contribution in [2.45, 2.75) is 19.0 Å². The fraction of sp³-hybridized carbons (Fsp3) is 0.259. The number of anilines is 1. The number of benzene rings is 3. The van der Waals surface area contributed by atoms with Gasteiger partial charge >= 0.3 is 0 Å². The molecule has 1 aliphatic heterocycles. The molecule has 0 aliphatic carbocycles. The van der Waals surface area contributed by atoms with E-state index in [0.717, 1.165) is 16.1 Å². The third kappa shape index (κ3) is 6.95. The number of halogens is 2. The largest absolute Gasteiger partial charge is 0.454 e. The van der Waals surface area contributed by atoms with Crippen LogP contribution in [-0.4, -0.2) is 57.8 Å². The van der Waals surface area contributed by atoms with Gasteiger partial charge < -0.3 is 19.7 Å². The number of hydrogen-bond donors (Lipinski definition) is 1. The Bertz CT molecular complexity index is 1470. The minimum atomic E-state index is -3.92. The van der Waals surface area contributed by atoms with Crippen LogP contribution in [0.15, 0.2) is 66.7 Å². The van der Waals surface area contributed by atoms with Gasteiger partial charge in [-0.15, -0.1) is 0 Å². The van der Waals surface area contributed by atoms with E-state index in [0.29, 0.717) is 27.1 Å². The first-order valence-corrected chi connectivity index (χ1v) is 14.5. The van der Waals surface area contributed by atoms with Crippen LogP contribution in [0.1, 0.15) is 11.1 Å². The Labute approximate surface area is 237 Å². The number of hydrogen-bond acceptors (Lipinski definition) is 6. The summed E-state index contributed by atoms with van der Waals surface area (Å²) in [6.07, 6.45) is 1.20. The van der Waals surface area contributed by atoms with Gasteiger partial charge in [0.15, 0.2) is 11.5 Å². The van der Waals surface area contributed by atoms with Gasteiger partial charge in [-0.3, -0.25) is 13.9 Å². The molecule has 4 rings (SSSR count). The molecule has 2 amide bonds. The highest BCUT2D eigenvalue weighted by Crippen LogP contribution is 2.36. The zero-order chi connectivity index (χ0) is 28.2. The summed E-state index contributed by atoms with van der Waals surface area (Å²) in [4.78, 5) is 28.4. The summed E-state index contributed by atoms with van der Waals surface area (Å²) in [7, 11) is -2.44. The van der Waals surface area contributed by atoms with E-state index in [1.807, 2.05) is 30.3 Å². The first kappa shape index (κ1) is 28.5. The molecular formula is C27H27Cl2N3O6S. The summed E-state index contributed by atoms with van der Waals surface area (Å²) in [5, 5.41) is 3.35. The van der Waals surface area contributed by atoms with E-state index in [-0.39, 0.29) is 25.4 Å². The third-order valence-electron chi connectivity index (χ3n) is 6.20. The Balaban J connectivity index is 1.73. The lowest BCUT2D eigenvalue weighted by Gasteiger charge is -2.33. The molecule has 0 aromatic heterocycles. The second kappa shape index (κ2) is 12.1. The number of carbonyl (C=O) groups excluding carboxylic acids is 2. The van der Waals surface area contributed by atoms with Crippen LogP contribution < -0.4 is 19.1 Å². The van der Waals surface area contributed by atoms with Crippen molar-refractivity contribution in [1.29, 1.82) is 0 Å². The van der Waals surface area contributed by atoms with E-state index in [9.17, 15) is 18.0 Å². The number of ether oxygens (including phenoxy) is 2. The van der Waals surface area contributed by atoms with E-state index in [4.69, 9.17) is 32.7 Å². The summed E-state index contributed by atoms with van der Waals surface area (Å²) in [6.45, 7) is -0.607. The lowest BCUT2D eigenvalue weighted by Crippen LogP contribution is -2.52. The highest BCUT2D eigenvalue weighted by molar-refractivity contribution is 7.92. The Kier molecular flexibility index (Phi) is 8.89. The van der Waals surface area contributed by atoms with Gasteiger partial charge in [0.05, 0.1) is 11.9 Å². The zero-order valence-electron chi connectivity index (χ0n) is 21.3. The number of likely N-dealkylation sites (N-methyl/N-ethyl adjacent to an activating group) is 1. The molecule has 1 atom stereocenters. The summed E-state index contributed by atoms with van der Waals surface area (Å²) in [5.74, 6) is -0.175. The SMILES string of the molecule is CNC(=O)[C@H](Cc1ccccc1)N(Cc1ccc(Cl)cc1Cl)C(=O)CN(c1ccc2c(c1)OCO2)S(C)(=O)=O. The molecule has 0 saturated carbocycles. The average molecular weight is 593 g/mol. The molecule has 3 aromatic carbocycles. The topological polar surface area (TPSA) is 105 Å². The van der Waals surface area contributed by atoms with Crippen LogP contribution in [0.25, 0.3) is 0 Å². The van der Waals surface area contributed by atoms with Gasteiger partial charge in [0, 0.05) is 36.1 Å². The molecule has 0 bridgehead atoms. The van der Waals surface area contributed by atoms with E-state index in [1.54, 1.807) is 24.3 Å². The van der Waals surface area contributed by atoms with Gasteiger partial charge in [-0.2, -0.15) is 0 Å². The Morgan fingerprint density at radius 2 is 1.72 bits per heavy atom. The molecule has 0 unspecified atom stereocenters. The molecule has 9 nitrogen and oxygen atoms in total. The van der Waals surface area contributed by atoms with Crippen molar-refractivity contribution < 1.29 is 27.5 Å². The van der Waals surface area contributed by atoms with Crippen molar-refractivity contribution in [3.63, 3.8) is 0 Å². The van der Waals surface area contributed by atoms with Crippen molar-refractivity contribution in [2.24, 2.45) is 0 Å². The second-order valence-corrected chi connectivity index (χ2v) is 11.6. The monoisotopic (exact) mass is 591 g/mol.